The number of rotatable bonds is 3. The highest BCUT2D eigenvalue weighted by Gasteiger charge is 2.18. The van der Waals surface area contributed by atoms with Gasteiger partial charge in [-0.05, 0) is 30.9 Å². The number of amides is 1. The smallest absolute Gasteiger partial charge is 0.254 e. The molecule has 1 N–H and O–H groups in total. The lowest BCUT2D eigenvalue weighted by atomic mass is 10.1. The Kier molecular flexibility index (Phi) is 3.71. The highest BCUT2D eigenvalue weighted by molar-refractivity contribution is 5.94. The second-order valence-corrected chi connectivity index (χ2v) is 4.46. The van der Waals surface area contributed by atoms with Crippen molar-refractivity contribution in [2.45, 2.75) is 25.7 Å². The van der Waals surface area contributed by atoms with E-state index in [4.69, 9.17) is 0 Å². The quantitative estimate of drug-likeness (QED) is 0.863. The number of carbonyl (C=O) groups excluding carboxylic acids is 1. The van der Waals surface area contributed by atoms with E-state index in [1.54, 1.807) is 0 Å². The molecule has 17 heavy (non-hydrogen) atoms. The minimum Gasteiger partial charge on any atom is -0.352 e. The van der Waals surface area contributed by atoms with E-state index in [-0.39, 0.29) is 5.56 Å². The minimum atomic E-state index is -1.07. The lowest BCUT2D eigenvalue weighted by Crippen LogP contribution is -2.29. The van der Waals surface area contributed by atoms with Gasteiger partial charge in [0, 0.05) is 6.54 Å². The van der Waals surface area contributed by atoms with Crippen molar-refractivity contribution in [2.24, 2.45) is 5.92 Å². The van der Waals surface area contributed by atoms with Gasteiger partial charge in [0.05, 0.1) is 5.56 Å². The van der Waals surface area contributed by atoms with Crippen molar-refractivity contribution >= 4 is 5.91 Å². The number of halogens is 2. The van der Waals surface area contributed by atoms with Crippen LogP contribution in [0.2, 0.25) is 0 Å². The topological polar surface area (TPSA) is 29.1 Å². The van der Waals surface area contributed by atoms with Gasteiger partial charge < -0.3 is 5.32 Å². The summed E-state index contributed by atoms with van der Waals surface area (Å²) in [5.41, 5.74) is -0.219. The highest BCUT2D eigenvalue weighted by atomic mass is 19.2. The third-order valence-electron chi connectivity index (χ3n) is 3.22. The van der Waals surface area contributed by atoms with Crippen LogP contribution in [0.4, 0.5) is 8.78 Å². The normalized spacial score (nSPS) is 16.1. The molecule has 0 atom stereocenters. The van der Waals surface area contributed by atoms with Gasteiger partial charge in [-0.2, -0.15) is 0 Å². The SMILES string of the molecule is O=C(NCC1CCCC1)c1cccc(F)c1F. The van der Waals surface area contributed by atoms with E-state index in [9.17, 15) is 13.6 Å². The molecule has 0 radical (unpaired) electrons. The Morgan fingerprint density at radius 3 is 2.71 bits per heavy atom. The van der Waals surface area contributed by atoms with Crippen LogP contribution in [0.5, 0.6) is 0 Å². The molecule has 0 bridgehead atoms. The van der Waals surface area contributed by atoms with Crippen LogP contribution in [0.25, 0.3) is 0 Å². The predicted octanol–water partition coefficient (Wildman–Crippen LogP) is 2.88. The maximum atomic E-state index is 13.3. The molecule has 0 aromatic heterocycles. The van der Waals surface area contributed by atoms with Gasteiger partial charge in [-0.3, -0.25) is 4.79 Å². The van der Waals surface area contributed by atoms with Crippen LogP contribution in [0, 0.1) is 17.6 Å². The van der Waals surface area contributed by atoms with E-state index in [1.165, 1.54) is 25.0 Å². The number of benzene rings is 1. The Bertz CT molecular complexity index is 414. The first-order valence-corrected chi connectivity index (χ1v) is 5.90. The molecule has 1 fully saturated rings. The van der Waals surface area contributed by atoms with E-state index in [2.05, 4.69) is 5.32 Å². The van der Waals surface area contributed by atoms with Crippen LogP contribution >= 0.6 is 0 Å². The van der Waals surface area contributed by atoms with Crippen molar-refractivity contribution in [3.8, 4) is 0 Å². The fourth-order valence-corrected chi connectivity index (χ4v) is 2.23. The zero-order valence-electron chi connectivity index (χ0n) is 9.51. The van der Waals surface area contributed by atoms with Crippen LogP contribution in [-0.4, -0.2) is 12.5 Å². The Hall–Kier alpha value is -1.45. The largest absolute Gasteiger partial charge is 0.352 e. The van der Waals surface area contributed by atoms with Crippen LogP contribution in [0.3, 0.4) is 0 Å². The zero-order valence-corrected chi connectivity index (χ0v) is 9.51. The second-order valence-electron chi connectivity index (χ2n) is 4.46. The van der Waals surface area contributed by atoms with E-state index in [0.717, 1.165) is 18.9 Å². The fraction of sp³-hybridized carbons (Fsp3) is 0.462. The lowest BCUT2D eigenvalue weighted by Gasteiger charge is -2.11. The van der Waals surface area contributed by atoms with Crippen molar-refractivity contribution in [1.82, 2.24) is 5.32 Å². The van der Waals surface area contributed by atoms with Gasteiger partial charge in [0.25, 0.3) is 5.91 Å². The first-order chi connectivity index (χ1) is 8.18. The van der Waals surface area contributed by atoms with Gasteiger partial charge in [-0.15, -0.1) is 0 Å². The molecular weight excluding hydrogens is 224 g/mol. The molecule has 0 unspecified atom stereocenters. The predicted molar refractivity (Wildman–Crippen MR) is 60.6 cm³/mol. The van der Waals surface area contributed by atoms with Crippen molar-refractivity contribution in [2.75, 3.05) is 6.54 Å². The summed E-state index contributed by atoms with van der Waals surface area (Å²) in [6.07, 6.45) is 4.58. The molecule has 2 rings (SSSR count). The van der Waals surface area contributed by atoms with Crippen LogP contribution in [0.15, 0.2) is 18.2 Å². The molecule has 1 aliphatic rings. The third kappa shape index (κ3) is 2.81. The second kappa shape index (κ2) is 5.25. The molecular formula is C13H15F2NO. The zero-order chi connectivity index (χ0) is 12.3. The van der Waals surface area contributed by atoms with E-state index < -0.39 is 17.5 Å². The molecule has 0 aliphatic heterocycles. The molecule has 2 nitrogen and oxygen atoms in total. The molecule has 1 aromatic rings. The molecule has 0 saturated heterocycles. The van der Waals surface area contributed by atoms with Crippen LogP contribution in [0.1, 0.15) is 36.0 Å². The van der Waals surface area contributed by atoms with Gasteiger partial charge in [0.1, 0.15) is 0 Å². The molecule has 0 heterocycles. The van der Waals surface area contributed by atoms with Gasteiger partial charge in [0.2, 0.25) is 0 Å². The van der Waals surface area contributed by atoms with Crippen molar-refractivity contribution < 1.29 is 13.6 Å². The first kappa shape index (κ1) is 12.0. The summed E-state index contributed by atoms with van der Waals surface area (Å²) < 4.78 is 26.2. The lowest BCUT2D eigenvalue weighted by molar-refractivity contribution is 0.0942. The number of hydrogen-bond donors (Lipinski definition) is 1. The Morgan fingerprint density at radius 1 is 1.29 bits per heavy atom. The Labute approximate surface area is 99.0 Å². The van der Waals surface area contributed by atoms with Gasteiger partial charge in [-0.25, -0.2) is 8.78 Å². The molecule has 0 spiro atoms. The summed E-state index contributed by atoms with van der Waals surface area (Å²) in [6, 6.07) is 3.63. The van der Waals surface area contributed by atoms with E-state index in [1.807, 2.05) is 0 Å². The Balaban J connectivity index is 1.97. The molecule has 1 aromatic carbocycles. The number of carbonyl (C=O) groups is 1. The summed E-state index contributed by atoms with van der Waals surface area (Å²) in [5.74, 6) is -2.11. The monoisotopic (exact) mass is 239 g/mol. The first-order valence-electron chi connectivity index (χ1n) is 5.90. The maximum absolute atomic E-state index is 13.3. The third-order valence-corrected chi connectivity index (χ3v) is 3.22. The van der Waals surface area contributed by atoms with Crippen LogP contribution < -0.4 is 5.32 Å². The van der Waals surface area contributed by atoms with E-state index >= 15 is 0 Å². The summed E-state index contributed by atoms with van der Waals surface area (Å²) in [4.78, 5) is 11.7. The van der Waals surface area contributed by atoms with Gasteiger partial charge in [-0.1, -0.05) is 18.9 Å². The standard InChI is InChI=1S/C13H15F2NO/c14-11-7-3-6-10(12(11)15)13(17)16-8-9-4-1-2-5-9/h3,6-7,9H,1-2,4-5,8H2,(H,16,17). The van der Waals surface area contributed by atoms with Crippen molar-refractivity contribution in [1.29, 1.82) is 0 Å². The van der Waals surface area contributed by atoms with Crippen molar-refractivity contribution in [3.63, 3.8) is 0 Å². The average Bonchev–Trinajstić information content (AvgIpc) is 2.82. The van der Waals surface area contributed by atoms with Gasteiger partial charge in [0.15, 0.2) is 11.6 Å². The summed E-state index contributed by atoms with van der Waals surface area (Å²) in [6.45, 7) is 0.550. The molecule has 92 valence electrons. The Morgan fingerprint density at radius 2 is 2.00 bits per heavy atom. The summed E-state index contributed by atoms with van der Waals surface area (Å²) in [7, 11) is 0. The molecule has 1 aliphatic carbocycles. The molecule has 1 amide bonds. The van der Waals surface area contributed by atoms with Crippen LogP contribution in [-0.2, 0) is 0 Å². The number of hydrogen-bond acceptors (Lipinski definition) is 1. The fourth-order valence-electron chi connectivity index (χ4n) is 2.23. The van der Waals surface area contributed by atoms with E-state index in [0.29, 0.717) is 12.5 Å². The molecule has 1 saturated carbocycles. The maximum Gasteiger partial charge on any atom is 0.254 e. The minimum absolute atomic E-state index is 0.219. The number of nitrogens with one attached hydrogen (secondary N) is 1. The summed E-state index contributed by atoms with van der Waals surface area (Å²) >= 11 is 0. The van der Waals surface area contributed by atoms with Gasteiger partial charge >= 0.3 is 0 Å². The summed E-state index contributed by atoms with van der Waals surface area (Å²) in [5, 5.41) is 2.66. The highest BCUT2D eigenvalue weighted by Crippen LogP contribution is 2.23. The average molecular weight is 239 g/mol. The van der Waals surface area contributed by atoms with Crippen molar-refractivity contribution in [3.05, 3.63) is 35.4 Å². The molecule has 4 heteroatoms.